The van der Waals surface area contributed by atoms with E-state index in [1.165, 1.54) is 0 Å². The van der Waals surface area contributed by atoms with Gasteiger partial charge in [0.25, 0.3) is 0 Å². The molecule has 48 heavy (non-hydrogen) atoms. The first-order valence-electron chi connectivity index (χ1n) is 17.4. The molecule has 2 aliphatic heterocycles. The number of piperidine rings is 1. The minimum atomic E-state index is -1.26. The number of anilines is 2. The molecule has 3 atom stereocenters. The van der Waals surface area contributed by atoms with Crippen LogP contribution in [0.5, 0.6) is 0 Å². The summed E-state index contributed by atoms with van der Waals surface area (Å²) in [5.74, 6) is 1.24. The van der Waals surface area contributed by atoms with Gasteiger partial charge >= 0.3 is 6.09 Å². The summed E-state index contributed by atoms with van der Waals surface area (Å²) >= 11 is 0. The van der Waals surface area contributed by atoms with Crippen LogP contribution in [0.3, 0.4) is 0 Å². The third kappa shape index (κ3) is 9.33. The van der Waals surface area contributed by atoms with Crippen molar-refractivity contribution in [1.82, 2.24) is 29.5 Å². The highest BCUT2D eigenvalue weighted by Crippen LogP contribution is 2.44. The standard InChI is InChI=1S/C34H56N8O4Si2/c1-34(2,3)46-33(43)41-26-10-11-27(41)17-24(16-26)29-18-30(42-31(39-29)28(21-38-42)25-19-36-32(35)37-20-25)40(22-44-12-14-47(4,5)6)23-45-13-15-48(7,8)9/h18-21,24,26-27H,10-17,22-23H2,1-9H3,(H2,35,36,37)/t24-,26-,27+. The lowest BCUT2D eigenvalue weighted by atomic mass is 9.88. The molecule has 2 N–H and O–H groups in total. The molecule has 0 spiro atoms. The molecule has 2 fully saturated rings. The van der Waals surface area contributed by atoms with Crippen LogP contribution in [0.15, 0.2) is 24.7 Å². The summed E-state index contributed by atoms with van der Waals surface area (Å²) in [6, 6.07) is 4.55. The zero-order valence-electron chi connectivity index (χ0n) is 30.5. The second-order valence-electron chi connectivity index (χ2n) is 16.8. The van der Waals surface area contributed by atoms with Gasteiger partial charge in [0, 0.05) is 82.6 Å². The number of nitrogen functional groups attached to an aromatic ring is 1. The van der Waals surface area contributed by atoms with Crippen LogP contribution in [-0.4, -0.2) is 96.1 Å². The zero-order valence-corrected chi connectivity index (χ0v) is 32.5. The largest absolute Gasteiger partial charge is 0.444 e. The van der Waals surface area contributed by atoms with Crippen LogP contribution in [0.1, 0.15) is 58.1 Å². The smallest absolute Gasteiger partial charge is 0.410 e. The summed E-state index contributed by atoms with van der Waals surface area (Å²) in [4.78, 5) is 31.1. The lowest BCUT2D eigenvalue weighted by molar-refractivity contribution is 0.00569. The first kappa shape index (κ1) is 36.2. The molecule has 0 aromatic carbocycles. The third-order valence-corrected chi connectivity index (χ3v) is 12.4. The van der Waals surface area contributed by atoms with E-state index in [0.717, 1.165) is 60.4 Å². The van der Waals surface area contributed by atoms with Crippen molar-refractivity contribution in [3.63, 3.8) is 0 Å². The van der Waals surface area contributed by atoms with E-state index < -0.39 is 21.7 Å². The van der Waals surface area contributed by atoms with Crippen LogP contribution in [-0.2, 0) is 14.2 Å². The second kappa shape index (κ2) is 14.4. The van der Waals surface area contributed by atoms with Gasteiger partial charge in [-0.2, -0.15) is 9.61 Å². The molecule has 3 aromatic rings. The number of hydrogen-bond acceptors (Lipinski definition) is 10. The Bertz CT molecular complexity index is 1510. The van der Waals surface area contributed by atoms with E-state index in [-0.39, 0.29) is 30.0 Å². The Labute approximate surface area is 287 Å². The van der Waals surface area contributed by atoms with Gasteiger partial charge in [0.2, 0.25) is 5.95 Å². The first-order valence-corrected chi connectivity index (χ1v) is 24.8. The Kier molecular flexibility index (Phi) is 10.9. The number of nitrogens with two attached hydrogens (primary N) is 1. The number of fused-ring (bicyclic) bond motifs is 3. The summed E-state index contributed by atoms with van der Waals surface area (Å²) < 4.78 is 20.3. The number of carbonyl (C=O) groups is 1. The molecule has 0 aliphatic carbocycles. The average molecular weight is 697 g/mol. The molecule has 2 bridgehead atoms. The first-order chi connectivity index (χ1) is 22.5. The molecule has 0 radical (unpaired) electrons. The Morgan fingerprint density at radius 3 is 2.02 bits per heavy atom. The molecule has 2 aliphatic rings. The quantitative estimate of drug-likeness (QED) is 0.115. The third-order valence-electron chi connectivity index (χ3n) is 9.02. The van der Waals surface area contributed by atoms with Crippen molar-refractivity contribution in [1.29, 1.82) is 0 Å². The number of aromatic nitrogens is 5. The highest BCUT2D eigenvalue weighted by molar-refractivity contribution is 6.76. The molecular formula is C34H56N8O4Si2. The Morgan fingerprint density at radius 2 is 1.50 bits per heavy atom. The van der Waals surface area contributed by atoms with E-state index in [4.69, 9.17) is 30.0 Å². The Hall–Kier alpha value is -3.08. The van der Waals surface area contributed by atoms with Crippen molar-refractivity contribution in [2.75, 3.05) is 37.3 Å². The molecule has 0 saturated carbocycles. The van der Waals surface area contributed by atoms with E-state index >= 15 is 0 Å². The van der Waals surface area contributed by atoms with Gasteiger partial charge in [0.15, 0.2) is 5.65 Å². The molecule has 264 valence electrons. The molecule has 3 aromatic heterocycles. The van der Waals surface area contributed by atoms with Crippen LogP contribution in [0.4, 0.5) is 16.6 Å². The fraction of sp³-hybridized carbons (Fsp3) is 0.676. The van der Waals surface area contributed by atoms with E-state index in [9.17, 15) is 4.79 Å². The minimum Gasteiger partial charge on any atom is -0.444 e. The lowest BCUT2D eigenvalue weighted by Crippen LogP contribution is -2.48. The van der Waals surface area contributed by atoms with Crippen molar-refractivity contribution in [3.05, 3.63) is 30.4 Å². The van der Waals surface area contributed by atoms with Crippen LogP contribution in [0.2, 0.25) is 51.4 Å². The van der Waals surface area contributed by atoms with Gasteiger partial charge in [0.05, 0.1) is 6.20 Å². The molecule has 1 amide bonds. The predicted molar refractivity (Wildman–Crippen MR) is 196 cm³/mol. The molecule has 12 nitrogen and oxygen atoms in total. The Morgan fingerprint density at radius 1 is 0.938 bits per heavy atom. The fourth-order valence-corrected chi connectivity index (χ4v) is 7.90. The van der Waals surface area contributed by atoms with Gasteiger partial charge in [-0.3, -0.25) is 0 Å². The van der Waals surface area contributed by atoms with Gasteiger partial charge in [-0.15, -0.1) is 0 Å². The number of hydrogen-bond donors (Lipinski definition) is 1. The summed E-state index contributed by atoms with van der Waals surface area (Å²) in [6.07, 6.45) is 8.62. The van der Waals surface area contributed by atoms with Gasteiger partial charge in [-0.25, -0.2) is 19.7 Å². The van der Waals surface area contributed by atoms with Crippen LogP contribution in [0.25, 0.3) is 16.8 Å². The maximum absolute atomic E-state index is 13.2. The van der Waals surface area contributed by atoms with Gasteiger partial charge in [-0.1, -0.05) is 39.3 Å². The van der Waals surface area contributed by atoms with Crippen LogP contribution in [0, 0.1) is 0 Å². The zero-order chi connectivity index (χ0) is 34.9. The average Bonchev–Trinajstić information content (AvgIpc) is 3.52. The Balaban J connectivity index is 1.50. The van der Waals surface area contributed by atoms with Crippen LogP contribution >= 0.6 is 0 Å². The number of carbonyl (C=O) groups excluding carboxylic acids is 1. The lowest BCUT2D eigenvalue weighted by Gasteiger charge is -2.39. The molecule has 5 rings (SSSR count). The van der Waals surface area contributed by atoms with E-state index in [1.54, 1.807) is 12.4 Å². The SMILES string of the molecule is CC(C)(C)OC(=O)N1[C@@H]2CC[C@H]1C[C@H](c1cc(N(COCC[Si](C)(C)C)COCC[Si](C)(C)C)n3ncc(-c4cnc(N)nc4)c3n1)C2. The number of rotatable bonds is 13. The molecule has 2 saturated heterocycles. The summed E-state index contributed by atoms with van der Waals surface area (Å²) in [6.45, 7) is 22.1. The molecule has 0 unspecified atom stereocenters. The number of amides is 1. The minimum absolute atomic E-state index is 0.117. The highest BCUT2D eigenvalue weighted by atomic mass is 28.3. The molecule has 5 heterocycles. The number of ether oxygens (including phenoxy) is 3. The van der Waals surface area contributed by atoms with Crippen molar-refractivity contribution in [2.24, 2.45) is 0 Å². The predicted octanol–water partition coefficient (Wildman–Crippen LogP) is 6.85. The van der Waals surface area contributed by atoms with Gasteiger partial charge < -0.3 is 29.7 Å². The van der Waals surface area contributed by atoms with Crippen molar-refractivity contribution < 1.29 is 19.0 Å². The maximum Gasteiger partial charge on any atom is 0.410 e. The van der Waals surface area contributed by atoms with Crippen molar-refractivity contribution >= 4 is 39.7 Å². The van der Waals surface area contributed by atoms with Gasteiger partial charge in [-0.05, 0) is 58.5 Å². The monoisotopic (exact) mass is 696 g/mol. The van der Waals surface area contributed by atoms with E-state index in [0.29, 0.717) is 32.3 Å². The maximum atomic E-state index is 13.2. The topological polar surface area (TPSA) is 133 Å². The van der Waals surface area contributed by atoms with Gasteiger partial charge in [0.1, 0.15) is 24.9 Å². The van der Waals surface area contributed by atoms with Crippen molar-refractivity contribution in [2.45, 2.75) is 121 Å². The fourth-order valence-electron chi connectivity index (χ4n) is 6.39. The summed E-state index contributed by atoms with van der Waals surface area (Å²) in [5.41, 5.74) is 8.60. The highest BCUT2D eigenvalue weighted by Gasteiger charge is 2.45. The van der Waals surface area contributed by atoms with E-state index in [1.807, 2.05) is 36.4 Å². The van der Waals surface area contributed by atoms with E-state index in [2.05, 4.69) is 60.2 Å². The van der Waals surface area contributed by atoms with Crippen LogP contribution < -0.4 is 10.6 Å². The normalized spacial score (nSPS) is 20.0. The van der Waals surface area contributed by atoms with Crippen molar-refractivity contribution in [3.8, 4) is 11.1 Å². The number of nitrogens with zero attached hydrogens (tertiary/aromatic N) is 7. The summed E-state index contributed by atoms with van der Waals surface area (Å²) in [7, 11) is -2.53. The molecule has 14 heteroatoms. The second-order valence-corrected chi connectivity index (χ2v) is 28.1. The summed E-state index contributed by atoms with van der Waals surface area (Å²) in [5, 5.41) is 4.83. The molecular weight excluding hydrogens is 641 g/mol.